The third-order valence-electron chi connectivity index (χ3n) is 3.61. The molecule has 0 aliphatic carbocycles. The van der Waals surface area contributed by atoms with E-state index in [-0.39, 0.29) is 5.41 Å². The summed E-state index contributed by atoms with van der Waals surface area (Å²) in [6.07, 6.45) is 1.12. The molecule has 0 saturated heterocycles. The van der Waals surface area contributed by atoms with E-state index >= 15 is 0 Å². The highest BCUT2D eigenvalue weighted by atomic mass is 15.0. The SMILES string of the molecule is Cn1c(C(C)(C)C)cc2ccc(CC(C)(C)C)cc21. The molecule has 0 amide bonds. The highest BCUT2D eigenvalue weighted by molar-refractivity contribution is 5.82. The number of hydrogen-bond donors (Lipinski definition) is 0. The van der Waals surface area contributed by atoms with Crippen molar-refractivity contribution in [1.29, 1.82) is 0 Å². The molecule has 2 aromatic rings. The summed E-state index contributed by atoms with van der Waals surface area (Å²) in [5.41, 5.74) is 4.72. The molecule has 0 fully saturated rings. The lowest BCUT2D eigenvalue weighted by atomic mass is 9.88. The van der Waals surface area contributed by atoms with E-state index < -0.39 is 0 Å². The molecule has 0 radical (unpaired) electrons. The van der Waals surface area contributed by atoms with Gasteiger partial charge >= 0.3 is 0 Å². The van der Waals surface area contributed by atoms with Crippen LogP contribution in [0.2, 0.25) is 0 Å². The molecule has 0 atom stereocenters. The van der Waals surface area contributed by atoms with Gasteiger partial charge in [0.1, 0.15) is 0 Å². The van der Waals surface area contributed by atoms with Crippen molar-refractivity contribution in [3.05, 3.63) is 35.5 Å². The molecule has 0 bridgehead atoms. The lowest BCUT2D eigenvalue weighted by Gasteiger charge is -2.20. The molecule has 1 heteroatoms. The first-order valence-electron chi connectivity index (χ1n) is 7.17. The summed E-state index contributed by atoms with van der Waals surface area (Å²) in [7, 11) is 2.18. The van der Waals surface area contributed by atoms with Crippen LogP contribution in [0.4, 0.5) is 0 Å². The monoisotopic (exact) mass is 257 g/mol. The molecule has 0 saturated carbocycles. The van der Waals surface area contributed by atoms with Crippen molar-refractivity contribution in [2.75, 3.05) is 0 Å². The molecule has 19 heavy (non-hydrogen) atoms. The summed E-state index contributed by atoms with van der Waals surface area (Å²) < 4.78 is 2.35. The predicted octanol–water partition coefficient (Wildman–Crippen LogP) is 5.06. The predicted molar refractivity (Wildman–Crippen MR) is 84.8 cm³/mol. The maximum atomic E-state index is 2.36. The lowest BCUT2D eigenvalue weighted by molar-refractivity contribution is 0.411. The average molecular weight is 257 g/mol. The topological polar surface area (TPSA) is 4.93 Å². The van der Waals surface area contributed by atoms with Crippen molar-refractivity contribution >= 4 is 10.9 Å². The number of hydrogen-bond acceptors (Lipinski definition) is 0. The van der Waals surface area contributed by atoms with E-state index in [1.54, 1.807) is 0 Å². The van der Waals surface area contributed by atoms with Gasteiger partial charge in [-0.1, -0.05) is 53.7 Å². The van der Waals surface area contributed by atoms with Gasteiger partial charge in [-0.2, -0.15) is 0 Å². The molecule has 2 rings (SSSR count). The van der Waals surface area contributed by atoms with E-state index in [1.807, 2.05) is 0 Å². The van der Waals surface area contributed by atoms with Crippen LogP contribution in [0, 0.1) is 5.41 Å². The van der Waals surface area contributed by atoms with Crippen LogP contribution in [-0.2, 0) is 18.9 Å². The van der Waals surface area contributed by atoms with Crippen LogP contribution in [0.3, 0.4) is 0 Å². The van der Waals surface area contributed by atoms with E-state index in [9.17, 15) is 0 Å². The third kappa shape index (κ3) is 3.02. The van der Waals surface area contributed by atoms with E-state index in [0.29, 0.717) is 5.41 Å². The van der Waals surface area contributed by atoms with Gasteiger partial charge in [0.25, 0.3) is 0 Å². The fourth-order valence-corrected chi connectivity index (χ4v) is 2.82. The molecular weight excluding hydrogens is 230 g/mol. The molecule has 0 spiro atoms. The summed E-state index contributed by atoms with van der Waals surface area (Å²) in [5, 5.41) is 1.35. The fraction of sp³-hybridized carbons (Fsp3) is 0.556. The van der Waals surface area contributed by atoms with Gasteiger partial charge in [0, 0.05) is 23.7 Å². The summed E-state index contributed by atoms with van der Waals surface area (Å²) in [6, 6.07) is 9.23. The zero-order valence-corrected chi connectivity index (χ0v) is 13.5. The molecule has 0 N–H and O–H groups in total. The number of benzene rings is 1. The number of fused-ring (bicyclic) bond motifs is 1. The second-order valence-corrected chi connectivity index (χ2v) is 7.97. The van der Waals surface area contributed by atoms with E-state index in [1.165, 1.54) is 22.2 Å². The normalized spacial score (nSPS) is 13.2. The van der Waals surface area contributed by atoms with E-state index in [2.05, 4.69) is 77.4 Å². The Kier molecular flexibility index (Phi) is 3.28. The molecule has 0 aliphatic rings. The second-order valence-electron chi connectivity index (χ2n) is 7.97. The molecule has 0 aliphatic heterocycles. The Labute approximate surface area is 117 Å². The van der Waals surface area contributed by atoms with Crippen LogP contribution in [0.15, 0.2) is 24.3 Å². The zero-order valence-electron chi connectivity index (χ0n) is 13.5. The van der Waals surface area contributed by atoms with Crippen LogP contribution < -0.4 is 0 Å². The van der Waals surface area contributed by atoms with Gasteiger partial charge in [-0.05, 0) is 34.9 Å². The minimum atomic E-state index is 0.192. The Morgan fingerprint density at radius 1 is 0.947 bits per heavy atom. The highest BCUT2D eigenvalue weighted by Gasteiger charge is 2.19. The first kappa shape index (κ1) is 14.2. The maximum Gasteiger partial charge on any atom is 0.0482 e. The minimum absolute atomic E-state index is 0.192. The largest absolute Gasteiger partial charge is 0.347 e. The van der Waals surface area contributed by atoms with Gasteiger partial charge in [0.15, 0.2) is 0 Å². The summed E-state index contributed by atoms with van der Waals surface area (Å²) >= 11 is 0. The van der Waals surface area contributed by atoms with E-state index in [0.717, 1.165) is 6.42 Å². The van der Waals surface area contributed by atoms with Gasteiger partial charge in [0.05, 0.1) is 0 Å². The van der Waals surface area contributed by atoms with Crippen LogP contribution in [0.1, 0.15) is 52.8 Å². The molecule has 1 aromatic heterocycles. The van der Waals surface area contributed by atoms with Crippen molar-refractivity contribution in [2.24, 2.45) is 12.5 Å². The summed E-state index contributed by atoms with van der Waals surface area (Å²) in [6.45, 7) is 13.7. The Morgan fingerprint density at radius 3 is 2.11 bits per heavy atom. The number of aromatic nitrogens is 1. The smallest absolute Gasteiger partial charge is 0.0482 e. The van der Waals surface area contributed by atoms with Crippen molar-refractivity contribution in [3.8, 4) is 0 Å². The number of nitrogens with zero attached hydrogens (tertiary/aromatic N) is 1. The minimum Gasteiger partial charge on any atom is -0.347 e. The molecule has 1 nitrogen and oxygen atoms in total. The number of aryl methyl sites for hydroxylation is 1. The fourth-order valence-electron chi connectivity index (χ4n) is 2.82. The lowest BCUT2D eigenvalue weighted by Crippen LogP contribution is -2.15. The van der Waals surface area contributed by atoms with Crippen molar-refractivity contribution in [2.45, 2.75) is 53.4 Å². The molecule has 1 heterocycles. The van der Waals surface area contributed by atoms with E-state index in [4.69, 9.17) is 0 Å². The molecule has 1 aromatic carbocycles. The van der Waals surface area contributed by atoms with Crippen LogP contribution in [0.25, 0.3) is 10.9 Å². The Morgan fingerprint density at radius 2 is 1.58 bits per heavy atom. The van der Waals surface area contributed by atoms with Gasteiger partial charge < -0.3 is 4.57 Å². The quantitative estimate of drug-likeness (QED) is 0.672. The standard InChI is InChI=1S/C18H27N/c1-17(2,3)12-13-8-9-14-11-16(18(4,5)6)19(7)15(14)10-13/h8-11H,12H2,1-7H3. The van der Waals surface area contributed by atoms with Crippen molar-refractivity contribution in [1.82, 2.24) is 4.57 Å². The van der Waals surface area contributed by atoms with Gasteiger partial charge in [-0.25, -0.2) is 0 Å². The maximum absolute atomic E-state index is 2.36. The zero-order chi connectivity index (χ0) is 14.4. The highest BCUT2D eigenvalue weighted by Crippen LogP contribution is 2.30. The van der Waals surface area contributed by atoms with Crippen molar-refractivity contribution in [3.63, 3.8) is 0 Å². The Bertz CT molecular complexity index is 588. The van der Waals surface area contributed by atoms with Crippen LogP contribution >= 0.6 is 0 Å². The van der Waals surface area contributed by atoms with Crippen molar-refractivity contribution < 1.29 is 0 Å². The first-order valence-corrected chi connectivity index (χ1v) is 7.17. The van der Waals surface area contributed by atoms with Crippen LogP contribution in [0.5, 0.6) is 0 Å². The van der Waals surface area contributed by atoms with Gasteiger partial charge in [-0.15, -0.1) is 0 Å². The first-order chi connectivity index (χ1) is 8.58. The molecule has 104 valence electrons. The van der Waals surface area contributed by atoms with Gasteiger partial charge in [0.2, 0.25) is 0 Å². The molecular formula is C18H27N. The molecule has 0 unspecified atom stereocenters. The van der Waals surface area contributed by atoms with Crippen LogP contribution in [-0.4, -0.2) is 4.57 Å². The van der Waals surface area contributed by atoms with Gasteiger partial charge in [-0.3, -0.25) is 0 Å². The number of rotatable bonds is 1. The average Bonchev–Trinajstić information content (AvgIpc) is 2.53. The third-order valence-corrected chi connectivity index (χ3v) is 3.61. The second kappa shape index (κ2) is 4.40. The Balaban J connectivity index is 2.52. The Hall–Kier alpha value is -1.24. The summed E-state index contributed by atoms with van der Waals surface area (Å²) in [4.78, 5) is 0. The summed E-state index contributed by atoms with van der Waals surface area (Å²) in [5.74, 6) is 0.